The average molecular weight is 424 g/mol. The number of para-hydroxylation sites is 1. The third-order valence-electron chi connectivity index (χ3n) is 5.10. The number of rotatable bonds is 5. The molecule has 0 spiro atoms. The molecular formula is C24H22FNO3S. The van der Waals surface area contributed by atoms with E-state index in [2.05, 4.69) is 0 Å². The molecule has 4 nitrogen and oxygen atoms in total. The lowest BCUT2D eigenvalue weighted by Crippen LogP contribution is -2.30. The highest BCUT2D eigenvalue weighted by atomic mass is 32.2. The summed E-state index contributed by atoms with van der Waals surface area (Å²) in [6.45, 7) is 0.326. The van der Waals surface area contributed by atoms with Crippen LogP contribution in [-0.4, -0.2) is 20.1 Å². The van der Waals surface area contributed by atoms with Crippen LogP contribution in [-0.2, 0) is 11.3 Å². The van der Waals surface area contributed by atoms with Gasteiger partial charge in [0.15, 0.2) is 11.5 Å². The number of methoxy groups -OCH3 is 2. The summed E-state index contributed by atoms with van der Waals surface area (Å²) in [5, 5.41) is -0.0732. The second-order valence-electron chi connectivity index (χ2n) is 7.00. The zero-order valence-corrected chi connectivity index (χ0v) is 17.6. The van der Waals surface area contributed by atoms with Crippen molar-refractivity contribution < 1.29 is 18.7 Å². The molecule has 0 unspecified atom stereocenters. The molecule has 0 aliphatic carbocycles. The summed E-state index contributed by atoms with van der Waals surface area (Å²) >= 11 is 1.65. The quantitative estimate of drug-likeness (QED) is 0.534. The first kappa shape index (κ1) is 20.3. The highest BCUT2D eigenvalue weighted by Crippen LogP contribution is 2.47. The van der Waals surface area contributed by atoms with Crippen molar-refractivity contribution in [2.45, 2.75) is 23.1 Å². The van der Waals surface area contributed by atoms with Crippen LogP contribution in [0.25, 0.3) is 0 Å². The fourth-order valence-electron chi connectivity index (χ4n) is 3.61. The topological polar surface area (TPSA) is 38.8 Å². The molecule has 0 fully saturated rings. The highest BCUT2D eigenvalue weighted by molar-refractivity contribution is 7.99. The smallest absolute Gasteiger partial charge is 0.228 e. The molecule has 1 aliphatic rings. The van der Waals surface area contributed by atoms with Gasteiger partial charge in [0.25, 0.3) is 0 Å². The van der Waals surface area contributed by atoms with Crippen LogP contribution in [0.4, 0.5) is 10.1 Å². The second-order valence-corrected chi connectivity index (χ2v) is 8.25. The number of hydrogen-bond acceptors (Lipinski definition) is 4. The maximum atomic E-state index is 13.7. The van der Waals surface area contributed by atoms with Gasteiger partial charge in [0.05, 0.1) is 26.5 Å². The zero-order valence-electron chi connectivity index (χ0n) is 16.8. The molecule has 0 saturated heterocycles. The second kappa shape index (κ2) is 8.79. The van der Waals surface area contributed by atoms with Crippen molar-refractivity contribution >= 4 is 23.4 Å². The number of halogens is 1. The number of thioether (sulfide) groups is 1. The minimum absolute atomic E-state index is 0.00324. The molecule has 1 heterocycles. The average Bonchev–Trinajstić information content (AvgIpc) is 2.90. The number of anilines is 1. The van der Waals surface area contributed by atoms with Gasteiger partial charge in [0, 0.05) is 16.6 Å². The Morgan fingerprint density at radius 1 is 1.00 bits per heavy atom. The predicted molar refractivity (Wildman–Crippen MR) is 117 cm³/mol. The van der Waals surface area contributed by atoms with E-state index >= 15 is 0 Å². The third-order valence-corrected chi connectivity index (χ3v) is 6.42. The van der Waals surface area contributed by atoms with Gasteiger partial charge < -0.3 is 14.4 Å². The molecular weight excluding hydrogens is 401 g/mol. The molecule has 4 rings (SSSR count). The Kier molecular flexibility index (Phi) is 5.95. The van der Waals surface area contributed by atoms with E-state index in [1.54, 1.807) is 36.9 Å². The van der Waals surface area contributed by atoms with Crippen LogP contribution in [0.1, 0.15) is 22.8 Å². The highest BCUT2D eigenvalue weighted by Gasteiger charge is 2.29. The molecule has 0 bridgehead atoms. The molecule has 0 radical (unpaired) electrons. The van der Waals surface area contributed by atoms with E-state index in [1.807, 2.05) is 48.5 Å². The van der Waals surface area contributed by atoms with E-state index < -0.39 is 0 Å². The van der Waals surface area contributed by atoms with Gasteiger partial charge in [-0.3, -0.25) is 4.79 Å². The van der Waals surface area contributed by atoms with E-state index in [-0.39, 0.29) is 17.0 Å². The summed E-state index contributed by atoms with van der Waals surface area (Å²) in [6.07, 6.45) is 0.324. The number of hydrogen-bond donors (Lipinski definition) is 0. The Morgan fingerprint density at radius 2 is 1.80 bits per heavy atom. The Morgan fingerprint density at radius 3 is 2.57 bits per heavy atom. The van der Waals surface area contributed by atoms with Crippen LogP contribution in [0.15, 0.2) is 71.6 Å². The molecule has 1 atom stereocenters. The fraction of sp³-hybridized carbons (Fsp3) is 0.208. The summed E-state index contributed by atoms with van der Waals surface area (Å²) < 4.78 is 24.5. The molecule has 3 aromatic rings. The normalized spacial score (nSPS) is 16.0. The first-order valence-electron chi connectivity index (χ1n) is 9.61. The number of nitrogens with zero attached hydrogens (tertiary/aromatic N) is 1. The van der Waals surface area contributed by atoms with E-state index in [9.17, 15) is 9.18 Å². The fourth-order valence-corrected chi connectivity index (χ4v) is 4.88. The lowest BCUT2D eigenvalue weighted by atomic mass is 10.1. The number of amides is 1. The summed E-state index contributed by atoms with van der Waals surface area (Å²) in [5.41, 5.74) is 2.60. The number of carbonyl (C=O) groups excluding carboxylic acids is 1. The number of benzene rings is 3. The van der Waals surface area contributed by atoms with Crippen LogP contribution in [0, 0.1) is 5.82 Å². The number of ether oxygens (including phenoxy) is 2. The first-order valence-corrected chi connectivity index (χ1v) is 10.5. The van der Waals surface area contributed by atoms with Gasteiger partial charge in [-0.1, -0.05) is 30.3 Å². The summed E-state index contributed by atoms with van der Waals surface area (Å²) in [4.78, 5) is 16.1. The molecule has 6 heteroatoms. The maximum absolute atomic E-state index is 13.7. The molecule has 3 aromatic carbocycles. The lowest BCUT2D eigenvalue weighted by molar-refractivity contribution is -0.118. The Bertz CT molecular complexity index is 1070. The third kappa shape index (κ3) is 4.14. The van der Waals surface area contributed by atoms with Crippen molar-refractivity contribution in [3.05, 3.63) is 83.7 Å². The van der Waals surface area contributed by atoms with Gasteiger partial charge in [-0.05, 0) is 47.5 Å². The summed E-state index contributed by atoms with van der Waals surface area (Å²) in [6, 6.07) is 20.0. The summed E-state index contributed by atoms with van der Waals surface area (Å²) in [7, 11) is 3.20. The molecule has 30 heavy (non-hydrogen) atoms. The van der Waals surface area contributed by atoms with Gasteiger partial charge in [-0.2, -0.15) is 0 Å². The van der Waals surface area contributed by atoms with Crippen LogP contribution in [0.5, 0.6) is 11.5 Å². The van der Waals surface area contributed by atoms with Crippen LogP contribution in [0.2, 0.25) is 0 Å². The van der Waals surface area contributed by atoms with Crippen molar-refractivity contribution in [2.75, 3.05) is 19.1 Å². The van der Waals surface area contributed by atoms with Gasteiger partial charge in [0.2, 0.25) is 5.91 Å². The SMILES string of the molecule is COc1ccc([C@H]2CC(=O)N(Cc3cccc(F)c3)c3ccccc3S2)cc1OC. The number of carbonyl (C=O) groups is 1. The molecule has 1 aliphatic heterocycles. The summed E-state index contributed by atoms with van der Waals surface area (Å²) in [5.74, 6) is 0.980. The van der Waals surface area contributed by atoms with Crippen molar-refractivity contribution in [1.82, 2.24) is 0 Å². The Labute approximate surface area is 179 Å². The van der Waals surface area contributed by atoms with E-state index in [0.29, 0.717) is 24.5 Å². The molecule has 0 saturated carbocycles. The van der Waals surface area contributed by atoms with E-state index in [0.717, 1.165) is 21.7 Å². The van der Waals surface area contributed by atoms with E-state index in [1.165, 1.54) is 12.1 Å². The largest absolute Gasteiger partial charge is 0.493 e. The van der Waals surface area contributed by atoms with Gasteiger partial charge in [-0.15, -0.1) is 11.8 Å². The molecule has 154 valence electrons. The minimum Gasteiger partial charge on any atom is -0.493 e. The van der Waals surface area contributed by atoms with Crippen molar-refractivity contribution in [3.8, 4) is 11.5 Å². The van der Waals surface area contributed by atoms with Gasteiger partial charge in [0.1, 0.15) is 5.82 Å². The number of fused-ring (bicyclic) bond motifs is 1. The molecule has 1 amide bonds. The maximum Gasteiger partial charge on any atom is 0.228 e. The van der Waals surface area contributed by atoms with Crippen LogP contribution < -0.4 is 14.4 Å². The van der Waals surface area contributed by atoms with Gasteiger partial charge >= 0.3 is 0 Å². The monoisotopic (exact) mass is 423 g/mol. The predicted octanol–water partition coefficient (Wildman–Crippen LogP) is 5.61. The van der Waals surface area contributed by atoms with Gasteiger partial charge in [-0.25, -0.2) is 4.39 Å². The van der Waals surface area contributed by atoms with Crippen molar-refractivity contribution in [3.63, 3.8) is 0 Å². The minimum atomic E-state index is -0.305. The van der Waals surface area contributed by atoms with Crippen LogP contribution >= 0.6 is 11.8 Å². The first-order chi connectivity index (χ1) is 14.6. The molecule has 0 aromatic heterocycles. The van der Waals surface area contributed by atoms with Crippen molar-refractivity contribution in [2.24, 2.45) is 0 Å². The van der Waals surface area contributed by atoms with Crippen molar-refractivity contribution in [1.29, 1.82) is 0 Å². The Balaban J connectivity index is 1.69. The zero-order chi connectivity index (χ0) is 21.1. The Hall–Kier alpha value is -2.99. The van der Waals surface area contributed by atoms with Crippen LogP contribution in [0.3, 0.4) is 0 Å². The standard InChI is InChI=1S/C24H22FNO3S/c1-28-20-11-10-17(13-21(20)29-2)23-14-24(27)26(15-16-6-5-7-18(25)12-16)19-8-3-4-9-22(19)30-23/h3-13,23H,14-15H2,1-2H3/t23-/m1/s1. The molecule has 0 N–H and O–H groups in total. The lowest BCUT2D eigenvalue weighted by Gasteiger charge is -2.23. The van der Waals surface area contributed by atoms with E-state index in [4.69, 9.17) is 9.47 Å².